The minimum atomic E-state index is -0.999. The molecule has 1 heterocycles. The summed E-state index contributed by atoms with van der Waals surface area (Å²) in [7, 11) is 0. The number of carbonyl (C=O) groups is 4. The van der Waals surface area contributed by atoms with E-state index in [4.69, 9.17) is 5.11 Å². The first-order valence-electron chi connectivity index (χ1n) is 10.3. The van der Waals surface area contributed by atoms with Gasteiger partial charge in [0.1, 0.15) is 0 Å². The normalized spacial score (nSPS) is 18.6. The van der Waals surface area contributed by atoms with Crippen LogP contribution in [0.3, 0.4) is 0 Å². The molecule has 1 rings (SSSR count). The first-order chi connectivity index (χ1) is 14.7. The van der Waals surface area contributed by atoms with E-state index in [0.717, 1.165) is 0 Å². The Balaban J connectivity index is 2.91. The number of amides is 1. The molecule has 7 N–H and O–H groups in total. The van der Waals surface area contributed by atoms with Crippen LogP contribution in [-0.2, 0) is 19.2 Å². The highest BCUT2D eigenvalue weighted by Gasteiger charge is 2.20. The topological polar surface area (TPSA) is 182 Å². The number of rotatable bonds is 10. The zero-order valence-corrected chi connectivity index (χ0v) is 17.9. The smallest absolute Gasteiger partial charge is 0.317 e. The molecule has 0 saturated carbocycles. The van der Waals surface area contributed by atoms with Gasteiger partial charge in [-0.1, -0.05) is 0 Å². The molecular weight excluding hydrogens is 412 g/mol. The van der Waals surface area contributed by atoms with Crippen LogP contribution in [0.15, 0.2) is 0 Å². The largest absolute Gasteiger partial charge is 0.480 e. The average Bonchev–Trinajstić information content (AvgIpc) is 2.67. The fourth-order valence-electron chi connectivity index (χ4n) is 3.27. The average molecular weight is 448 g/mol. The summed E-state index contributed by atoms with van der Waals surface area (Å²) in [6.07, 6.45) is 0. The molecule has 1 amide bonds. The molecule has 0 aliphatic carbocycles. The molecule has 1 fully saturated rings. The lowest BCUT2D eigenvalue weighted by molar-refractivity contribution is -0.364. The van der Waals surface area contributed by atoms with Crippen LogP contribution in [0.4, 0.5) is 0 Å². The van der Waals surface area contributed by atoms with Gasteiger partial charge in [0.2, 0.25) is 5.91 Å². The Bertz CT molecular complexity index is 574. The first-order valence-corrected chi connectivity index (χ1v) is 10.3. The van der Waals surface area contributed by atoms with Crippen LogP contribution >= 0.6 is 0 Å². The zero-order chi connectivity index (χ0) is 23.2. The predicted octanol–water partition coefficient (Wildman–Crippen LogP) is -4.18. The molecule has 0 aromatic carbocycles. The lowest BCUT2D eigenvalue weighted by atomic mass is 10.3. The second-order valence-corrected chi connectivity index (χ2v) is 7.49. The van der Waals surface area contributed by atoms with Crippen LogP contribution in [0, 0.1) is 0 Å². The summed E-state index contributed by atoms with van der Waals surface area (Å²) >= 11 is 0. The van der Waals surface area contributed by atoms with E-state index in [9.17, 15) is 29.4 Å². The molecule has 0 radical (unpaired) electrons. The molecule has 31 heavy (non-hydrogen) atoms. The van der Waals surface area contributed by atoms with Gasteiger partial charge in [-0.05, 0) is 0 Å². The lowest BCUT2D eigenvalue weighted by Gasteiger charge is -2.32. The molecule has 1 aliphatic heterocycles. The molecule has 0 unspecified atom stereocenters. The van der Waals surface area contributed by atoms with E-state index < -0.39 is 17.9 Å². The highest BCUT2D eigenvalue weighted by atomic mass is 16.4. The van der Waals surface area contributed by atoms with Crippen LogP contribution < -0.4 is 11.1 Å². The molecule has 0 aromatic heterocycles. The summed E-state index contributed by atoms with van der Waals surface area (Å²) in [6, 6.07) is 0. The van der Waals surface area contributed by atoms with E-state index in [2.05, 4.69) is 11.1 Å². The number of hydrogen-bond donors (Lipinski definition) is 5. The maximum Gasteiger partial charge on any atom is 0.317 e. The molecular formula is C18H35N6O7+. The zero-order valence-electron chi connectivity index (χ0n) is 17.9. The standard InChI is InChI=1S/C18H34N6O7/c19-1-2-20-15(25)11-21-3-5-22(12-16(26)27)7-9-24(14-18(30)31)10-8-23(6-4-21)13-17(28)29/h1-14,19H2,(H,20,25)(H,26,27)(H,28,29)(H,30,31)/p+1. The van der Waals surface area contributed by atoms with Gasteiger partial charge in [-0.2, -0.15) is 0 Å². The molecule has 13 nitrogen and oxygen atoms in total. The summed E-state index contributed by atoms with van der Waals surface area (Å²) in [5, 5.41) is 30.3. The van der Waals surface area contributed by atoms with Gasteiger partial charge in [0.25, 0.3) is 0 Å². The van der Waals surface area contributed by atoms with Crippen molar-refractivity contribution in [2.75, 3.05) is 91.6 Å². The summed E-state index contributed by atoms with van der Waals surface area (Å²) < 4.78 is 0. The van der Waals surface area contributed by atoms with Gasteiger partial charge < -0.3 is 26.4 Å². The summed E-state index contributed by atoms with van der Waals surface area (Å²) in [5.74, 6) is -3.13. The Morgan fingerprint density at radius 1 is 0.613 bits per heavy atom. The van der Waals surface area contributed by atoms with Gasteiger partial charge in [-0.25, -0.2) is 0 Å². The molecule has 0 bridgehead atoms. The highest BCUT2D eigenvalue weighted by molar-refractivity contribution is 5.78. The number of carboxylic acids is 3. The minimum Gasteiger partial charge on any atom is -0.480 e. The fourth-order valence-corrected chi connectivity index (χ4v) is 3.27. The molecule has 1 aliphatic rings. The predicted molar refractivity (Wildman–Crippen MR) is 109 cm³/mol. The third-order valence-corrected chi connectivity index (χ3v) is 4.87. The van der Waals surface area contributed by atoms with E-state index >= 15 is 0 Å². The van der Waals surface area contributed by atoms with Gasteiger partial charge in [-0.3, -0.25) is 38.8 Å². The van der Waals surface area contributed by atoms with Crippen molar-refractivity contribution in [2.24, 2.45) is 0 Å². The Morgan fingerprint density at radius 3 is 1.16 bits per heavy atom. The number of carbonyl (C=O) groups excluding carboxylic acids is 1. The van der Waals surface area contributed by atoms with Crippen molar-refractivity contribution < 1.29 is 40.2 Å². The molecule has 1 saturated heterocycles. The van der Waals surface area contributed by atoms with Crippen LogP contribution in [0.5, 0.6) is 0 Å². The summed E-state index contributed by atoms with van der Waals surface area (Å²) in [5.41, 5.74) is 3.68. The van der Waals surface area contributed by atoms with Crippen molar-refractivity contribution >= 4 is 23.8 Å². The Hall–Kier alpha value is -2.32. The van der Waals surface area contributed by atoms with Crippen LogP contribution in [0.25, 0.3) is 0 Å². The SMILES string of the molecule is [NH3+]CCNC(=O)CN1CCN(CC(=O)O)CCN(CC(=O)O)CCN(CC(=O)O)CC1. The van der Waals surface area contributed by atoms with Gasteiger partial charge in [0, 0.05) is 52.4 Å². The number of hydrogen-bond acceptors (Lipinski definition) is 8. The minimum absolute atomic E-state index is 0.118. The third-order valence-electron chi connectivity index (χ3n) is 4.87. The Labute approximate surface area is 181 Å². The quantitative estimate of drug-likeness (QED) is 0.219. The van der Waals surface area contributed by atoms with E-state index in [1.54, 1.807) is 14.7 Å². The molecule has 0 aromatic rings. The highest BCUT2D eigenvalue weighted by Crippen LogP contribution is 2.01. The second kappa shape index (κ2) is 14.6. The van der Waals surface area contributed by atoms with Crippen molar-refractivity contribution in [3.05, 3.63) is 0 Å². The van der Waals surface area contributed by atoms with Gasteiger partial charge in [0.05, 0.1) is 39.3 Å². The van der Waals surface area contributed by atoms with Crippen molar-refractivity contribution in [3.63, 3.8) is 0 Å². The summed E-state index contributed by atoms with van der Waals surface area (Å²) in [6.45, 7) is 3.54. The van der Waals surface area contributed by atoms with Gasteiger partial charge >= 0.3 is 17.9 Å². The number of aliphatic carboxylic acids is 3. The Kier molecular flexibility index (Phi) is 12.6. The van der Waals surface area contributed by atoms with Crippen molar-refractivity contribution in [2.45, 2.75) is 0 Å². The van der Waals surface area contributed by atoms with Crippen LogP contribution in [0.1, 0.15) is 0 Å². The fraction of sp³-hybridized carbons (Fsp3) is 0.778. The number of nitrogens with zero attached hydrogens (tertiary/aromatic N) is 4. The molecule has 13 heteroatoms. The maximum atomic E-state index is 12.2. The van der Waals surface area contributed by atoms with E-state index in [-0.39, 0.29) is 32.1 Å². The van der Waals surface area contributed by atoms with Gasteiger partial charge in [0.15, 0.2) is 0 Å². The molecule has 0 spiro atoms. The van der Waals surface area contributed by atoms with Crippen molar-refractivity contribution in [1.82, 2.24) is 24.9 Å². The number of nitrogens with one attached hydrogen (secondary N) is 1. The van der Waals surface area contributed by atoms with Crippen molar-refractivity contribution in [1.29, 1.82) is 0 Å². The van der Waals surface area contributed by atoms with E-state index in [1.165, 1.54) is 0 Å². The van der Waals surface area contributed by atoms with E-state index in [0.29, 0.717) is 65.4 Å². The summed E-state index contributed by atoms with van der Waals surface area (Å²) in [4.78, 5) is 52.8. The molecule has 0 atom stereocenters. The lowest BCUT2D eigenvalue weighted by Crippen LogP contribution is -2.55. The second-order valence-electron chi connectivity index (χ2n) is 7.49. The van der Waals surface area contributed by atoms with Crippen LogP contribution in [0.2, 0.25) is 0 Å². The van der Waals surface area contributed by atoms with Gasteiger partial charge in [-0.15, -0.1) is 0 Å². The first kappa shape index (κ1) is 26.7. The van der Waals surface area contributed by atoms with Crippen molar-refractivity contribution in [3.8, 4) is 0 Å². The monoisotopic (exact) mass is 447 g/mol. The van der Waals surface area contributed by atoms with Crippen LogP contribution in [-0.4, -0.2) is 150 Å². The maximum absolute atomic E-state index is 12.2. The number of quaternary nitrogens is 1. The number of carboxylic acid groups (broad SMARTS) is 3. The van der Waals surface area contributed by atoms with E-state index in [1.807, 2.05) is 4.90 Å². The molecule has 178 valence electrons. The third kappa shape index (κ3) is 12.9. The Morgan fingerprint density at radius 2 is 0.903 bits per heavy atom.